The lowest BCUT2D eigenvalue weighted by Gasteiger charge is -2.41. The number of aliphatic hydroxyl groups excluding tert-OH is 2. The zero-order valence-corrected chi connectivity index (χ0v) is 18.5. The maximum Gasteiger partial charge on any atom is 0.416 e. The van der Waals surface area contributed by atoms with E-state index >= 15 is 0 Å². The Morgan fingerprint density at radius 3 is 2.38 bits per heavy atom. The van der Waals surface area contributed by atoms with Crippen molar-refractivity contribution in [2.24, 2.45) is 0 Å². The van der Waals surface area contributed by atoms with Crippen LogP contribution in [-0.2, 0) is 10.9 Å². The van der Waals surface area contributed by atoms with Crippen molar-refractivity contribution in [2.45, 2.75) is 30.5 Å². The summed E-state index contributed by atoms with van der Waals surface area (Å²) < 4.78 is 45.1. The van der Waals surface area contributed by atoms with E-state index in [4.69, 9.17) is 4.74 Å². The summed E-state index contributed by atoms with van der Waals surface area (Å²) in [6, 6.07) is 13.5. The molecule has 2 aliphatic rings. The summed E-state index contributed by atoms with van der Waals surface area (Å²) in [4.78, 5) is 16.3. The standard InChI is InChI=1S/C24H28F3N3O4/c25-24(26,27)17-7-4-8-18(13-17)29-9-11-30(12-10-29)21-19(34-20(15-31)22(21)32)14-28-23(33)16-5-2-1-3-6-16/h1-8,13,19-22,31-32H,9-12,14-15H2,(H,28,33). The summed E-state index contributed by atoms with van der Waals surface area (Å²) in [6.07, 6.45) is -6.67. The second-order valence-corrected chi connectivity index (χ2v) is 8.52. The molecular formula is C24H28F3N3O4. The molecule has 2 aromatic carbocycles. The minimum Gasteiger partial charge on any atom is -0.394 e. The second-order valence-electron chi connectivity index (χ2n) is 8.52. The Balaban J connectivity index is 1.40. The van der Waals surface area contributed by atoms with E-state index in [-0.39, 0.29) is 19.1 Å². The maximum atomic E-state index is 13.1. The fourth-order valence-corrected chi connectivity index (χ4v) is 4.64. The van der Waals surface area contributed by atoms with Crippen LogP contribution in [0.1, 0.15) is 15.9 Å². The first-order chi connectivity index (χ1) is 16.3. The molecule has 2 aromatic rings. The molecule has 4 unspecified atom stereocenters. The van der Waals surface area contributed by atoms with Crippen LogP contribution < -0.4 is 10.2 Å². The number of rotatable bonds is 6. The van der Waals surface area contributed by atoms with E-state index in [0.717, 1.165) is 12.1 Å². The normalized spacial score (nSPS) is 26.0. The average molecular weight is 479 g/mol. The van der Waals surface area contributed by atoms with Gasteiger partial charge in [-0.15, -0.1) is 0 Å². The number of anilines is 1. The molecule has 2 saturated heterocycles. The van der Waals surface area contributed by atoms with E-state index in [9.17, 15) is 28.2 Å². The Hall–Kier alpha value is -2.66. The van der Waals surface area contributed by atoms with Crippen molar-refractivity contribution in [3.8, 4) is 0 Å². The topological polar surface area (TPSA) is 85.3 Å². The molecule has 4 rings (SSSR count). The molecule has 184 valence electrons. The molecule has 10 heteroatoms. The van der Waals surface area contributed by atoms with Crippen molar-refractivity contribution in [3.05, 3.63) is 65.7 Å². The summed E-state index contributed by atoms with van der Waals surface area (Å²) in [6.45, 7) is 1.71. The van der Waals surface area contributed by atoms with Crippen molar-refractivity contribution in [1.29, 1.82) is 0 Å². The van der Waals surface area contributed by atoms with Gasteiger partial charge in [-0.05, 0) is 30.3 Å². The molecule has 0 radical (unpaired) electrons. The fraction of sp³-hybridized carbons (Fsp3) is 0.458. The smallest absolute Gasteiger partial charge is 0.394 e. The Labute approximate surface area is 195 Å². The van der Waals surface area contributed by atoms with Crippen LogP contribution in [0.3, 0.4) is 0 Å². The summed E-state index contributed by atoms with van der Waals surface area (Å²) in [5.41, 5.74) is 0.315. The predicted octanol–water partition coefficient (Wildman–Crippen LogP) is 1.75. The largest absolute Gasteiger partial charge is 0.416 e. The lowest BCUT2D eigenvalue weighted by molar-refractivity contribution is -0.137. The number of hydrogen-bond acceptors (Lipinski definition) is 6. The Morgan fingerprint density at radius 1 is 1.03 bits per heavy atom. The molecule has 2 heterocycles. The fourth-order valence-electron chi connectivity index (χ4n) is 4.64. The first kappa shape index (κ1) is 24.5. The number of ether oxygens (including phenoxy) is 1. The maximum absolute atomic E-state index is 13.1. The molecule has 0 bridgehead atoms. The second kappa shape index (κ2) is 10.3. The number of hydrogen-bond donors (Lipinski definition) is 3. The number of benzene rings is 2. The van der Waals surface area contributed by atoms with Crippen LogP contribution in [0.4, 0.5) is 18.9 Å². The highest BCUT2D eigenvalue weighted by Crippen LogP contribution is 2.32. The van der Waals surface area contributed by atoms with Crippen LogP contribution in [0, 0.1) is 0 Å². The third-order valence-electron chi connectivity index (χ3n) is 6.42. The lowest BCUT2D eigenvalue weighted by Crippen LogP contribution is -2.57. The molecule has 2 aliphatic heterocycles. The SMILES string of the molecule is O=C(NCC1OC(CO)C(O)C1N1CCN(c2cccc(C(F)(F)F)c2)CC1)c1ccccc1. The molecule has 7 nitrogen and oxygen atoms in total. The van der Waals surface area contributed by atoms with Crippen LogP contribution in [0.5, 0.6) is 0 Å². The molecule has 1 amide bonds. The van der Waals surface area contributed by atoms with Gasteiger partial charge in [0.05, 0.1) is 24.3 Å². The number of piperazine rings is 1. The highest BCUT2D eigenvalue weighted by molar-refractivity contribution is 5.94. The highest BCUT2D eigenvalue weighted by Gasteiger charge is 2.46. The van der Waals surface area contributed by atoms with Gasteiger partial charge in [0.25, 0.3) is 5.91 Å². The highest BCUT2D eigenvalue weighted by atomic mass is 19.4. The molecule has 0 aliphatic carbocycles. The van der Waals surface area contributed by atoms with E-state index < -0.39 is 36.1 Å². The predicted molar refractivity (Wildman–Crippen MR) is 120 cm³/mol. The number of nitrogens with zero attached hydrogens (tertiary/aromatic N) is 2. The Kier molecular flexibility index (Phi) is 7.42. The van der Waals surface area contributed by atoms with Crippen LogP contribution in [-0.4, -0.2) is 84.7 Å². The van der Waals surface area contributed by atoms with Gasteiger partial charge in [-0.3, -0.25) is 9.69 Å². The van der Waals surface area contributed by atoms with E-state index in [0.29, 0.717) is 37.4 Å². The number of carbonyl (C=O) groups excluding carboxylic acids is 1. The monoisotopic (exact) mass is 479 g/mol. The van der Waals surface area contributed by atoms with Crippen molar-refractivity contribution in [3.63, 3.8) is 0 Å². The van der Waals surface area contributed by atoms with Crippen LogP contribution in [0.25, 0.3) is 0 Å². The van der Waals surface area contributed by atoms with Crippen LogP contribution >= 0.6 is 0 Å². The van der Waals surface area contributed by atoms with E-state index in [1.807, 2.05) is 15.9 Å². The Morgan fingerprint density at radius 2 is 1.74 bits per heavy atom. The molecule has 0 aromatic heterocycles. The van der Waals surface area contributed by atoms with Gasteiger partial charge in [-0.2, -0.15) is 13.2 Å². The van der Waals surface area contributed by atoms with Gasteiger partial charge in [-0.1, -0.05) is 24.3 Å². The van der Waals surface area contributed by atoms with Crippen LogP contribution in [0.15, 0.2) is 54.6 Å². The first-order valence-electron chi connectivity index (χ1n) is 11.2. The van der Waals surface area contributed by atoms with Gasteiger partial charge in [0, 0.05) is 44.0 Å². The number of halogens is 3. The minimum atomic E-state index is -4.40. The first-order valence-corrected chi connectivity index (χ1v) is 11.2. The number of alkyl halides is 3. The minimum absolute atomic E-state index is 0.153. The average Bonchev–Trinajstić information content (AvgIpc) is 3.17. The molecular weight excluding hydrogens is 451 g/mol. The van der Waals surface area contributed by atoms with E-state index in [1.54, 1.807) is 30.3 Å². The molecule has 4 atom stereocenters. The number of aliphatic hydroxyl groups is 2. The molecule has 34 heavy (non-hydrogen) atoms. The Bertz CT molecular complexity index is 967. The van der Waals surface area contributed by atoms with Crippen molar-refractivity contribution >= 4 is 11.6 Å². The van der Waals surface area contributed by atoms with Gasteiger partial charge in [0.1, 0.15) is 12.2 Å². The quantitative estimate of drug-likeness (QED) is 0.586. The van der Waals surface area contributed by atoms with Gasteiger partial charge >= 0.3 is 6.18 Å². The summed E-state index contributed by atoms with van der Waals surface area (Å²) in [5, 5.41) is 23.2. The lowest BCUT2D eigenvalue weighted by atomic mass is 10.0. The van der Waals surface area contributed by atoms with Gasteiger partial charge < -0.3 is 25.2 Å². The summed E-state index contributed by atoms with van der Waals surface area (Å²) in [7, 11) is 0. The van der Waals surface area contributed by atoms with E-state index in [2.05, 4.69) is 5.32 Å². The third-order valence-corrected chi connectivity index (χ3v) is 6.42. The summed E-state index contributed by atoms with van der Waals surface area (Å²) in [5.74, 6) is -0.265. The van der Waals surface area contributed by atoms with E-state index in [1.165, 1.54) is 6.07 Å². The number of amides is 1. The van der Waals surface area contributed by atoms with Gasteiger partial charge in [0.15, 0.2) is 0 Å². The number of nitrogens with one attached hydrogen (secondary N) is 1. The van der Waals surface area contributed by atoms with Crippen molar-refractivity contribution in [1.82, 2.24) is 10.2 Å². The van der Waals surface area contributed by atoms with Crippen molar-refractivity contribution in [2.75, 3.05) is 44.2 Å². The zero-order valence-electron chi connectivity index (χ0n) is 18.5. The zero-order chi connectivity index (χ0) is 24.3. The summed E-state index contributed by atoms with van der Waals surface area (Å²) >= 11 is 0. The van der Waals surface area contributed by atoms with Gasteiger partial charge in [-0.25, -0.2) is 0 Å². The molecule has 0 saturated carbocycles. The third kappa shape index (κ3) is 5.35. The van der Waals surface area contributed by atoms with Gasteiger partial charge in [0.2, 0.25) is 0 Å². The number of carbonyl (C=O) groups is 1. The molecule has 0 spiro atoms. The molecule has 3 N–H and O–H groups in total. The van der Waals surface area contributed by atoms with Crippen LogP contribution in [0.2, 0.25) is 0 Å². The van der Waals surface area contributed by atoms with Crippen molar-refractivity contribution < 1.29 is 32.9 Å². The molecule has 2 fully saturated rings.